The Bertz CT molecular complexity index is 218. The molecule has 2 amide bonds. The van der Waals surface area contributed by atoms with Gasteiger partial charge in [-0.2, -0.15) is 0 Å². The van der Waals surface area contributed by atoms with Crippen LogP contribution in [0.4, 0.5) is 4.79 Å². The maximum absolute atomic E-state index is 11.6. The van der Waals surface area contributed by atoms with E-state index in [0.717, 1.165) is 31.7 Å². The molecule has 2 N–H and O–H groups in total. The quantitative estimate of drug-likeness (QED) is 0.711. The molecule has 0 aliphatic heterocycles. The summed E-state index contributed by atoms with van der Waals surface area (Å²) in [7, 11) is 0. The second-order valence-electron chi connectivity index (χ2n) is 5.26. The van der Waals surface area contributed by atoms with Gasteiger partial charge in [-0.25, -0.2) is 4.79 Å². The maximum Gasteiger partial charge on any atom is 0.315 e. The molecule has 3 nitrogen and oxygen atoms in total. The van der Waals surface area contributed by atoms with E-state index in [1.807, 2.05) is 0 Å². The lowest BCUT2D eigenvalue weighted by molar-refractivity contribution is 0.206. The maximum atomic E-state index is 11.6. The van der Waals surface area contributed by atoms with E-state index in [1.54, 1.807) is 0 Å². The number of rotatable bonds is 4. The average molecular weight is 226 g/mol. The highest BCUT2D eigenvalue weighted by atomic mass is 16.2. The van der Waals surface area contributed by atoms with Crippen molar-refractivity contribution < 1.29 is 4.79 Å². The molecule has 1 aliphatic rings. The zero-order valence-corrected chi connectivity index (χ0v) is 10.9. The van der Waals surface area contributed by atoms with Gasteiger partial charge in [0.2, 0.25) is 0 Å². The predicted octanol–water partition coefficient (Wildman–Crippen LogP) is 2.91. The van der Waals surface area contributed by atoms with Crippen LogP contribution in [-0.2, 0) is 0 Å². The molecule has 1 saturated carbocycles. The van der Waals surface area contributed by atoms with Crippen LogP contribution in [0.3, 0.4) is 0 Å². The Morgan fingerprint density at radius 1 is 1.31 bits per heavy atom. The van der Waals surface area contributed by atoms with Crippen LogP contribution in [0.5, 0.6) is 0 Å². The van der Waals surface area contributed by atoms with Crippen molar-refractivity contribution in [2.75, 3.05) is 6.54 Å². The lowest BCUT2D eigenvalue weighted by atomic mass is 9.80. The number of carbonyl (C=O) groups excluding carboxylic acids is 1. The summed E-state index contributed by atoms with van der Waals surface area (Å²) in [4.78, 5) is 11.6. The van der Waals surface area contributed by atoms with Crippen molar-refractivity contribution in [2.24, 2.45) is 11.8 Å². The molecule has 1 rings (SSSR count). The summed E-state index contributed by atoms with van der Waals surface area (Å²) in [5.74, 6) is 1.43. The van der Waals surface area contributed by atoms with Crippen LogP contribution >= 0.6 is 0 Å². The van der Waals surface area contributed by atoms with Crippen molar-refractivity contribution >= 4 is 6.03 Å². The zero-order chi connectivity index (χ0) is 12.0. The Morgan fingerprint density at radius 2 is 2.06 bits per heavy atom. The van der Waals surface area contributed by atoms with Gasteiger partial charge in [-0.1, -0.05) is 27.2 Å². The van der Waals surface area contributed by atoms with E-state index in [4.69, 9.17) is 0 Å². The Labute approximate surface area is 99.4 Å². The molecule has 0 bridgehead atoms. The molecular weight excluding hydrogens is 200 g/mol. The Morgan fingerprint density at radius 3 is 2.69 bits per heavy atom. The smallest absolute Gasteiger partial charge is 0.315 e. The highest BCUT2D eigenvalue weighted by Gasteiger charge is 2.26. The van der Waals surface area contributed by atoms with Crippen molar-refractivity contribution in [3.8, 4) is 0 Å². The van der Waals surface area contributed by atoms with Gasteiger partial charge >= 0.3 is 6.03 Å². The number of unbranched alkanes of at least 4 members (excludes halogenated alkanes) is 1. The Hall–Kier alpha value is -0.730. The summed E-state index contributed by atoms with van der Waals surface area (Å²) in [6.45, 7) is 7.46. The standard InChI is InChI=1S/C13H26N2O/c1-4-5-8-14-13(16)15-12-7-6-10(2)9-11(12)3/h10-12H,4-9H2,1-3H3,(H2,14,15,16). The molecule has 3 heteroatoms. The molecule has 3 unspecified atom stereocenters. The minimum absolute atomic E-state index is 0.0138. The fraction of sp³-hybridized carbons (Fsp3) is 0.923. The van der Waals surface area contributed by atoms with Crippen LogP contribution in [0.1, 0.15) is 52.9 Å². The molecule has 1 fully saturated rings. The third kappa shape index (κ3) is 4.42. The molecule has 0 heterocycles. The number of nitrogens with one attached hydrogen (secondary N) is 2. The van der Waals surface area contributed by atoms with Crippen molar-refractivity contribution in [3.63, 3.8) is 0 Å². The summed E-state index contributed by atoms with van der Waals surface area (Å²) in [6.07, 6.45) is 5.79. The van der Waals surface area contributed by atoms with Gasteiger partial charge in [-0.15, -0.1) is 0 Å². The summed E-state index contributed by atoms with van der Waals surface area (Å²) in [6, 6.07) is 0.387. The Kier molecular flexibility index (Phi) is 5.64. The number of carbonyl (C=O) groups is 1. The van der Waals surface area contributed by atoms with Crippen molar-refractivity contribution in [3.05, 3.63) is 0 Å². The first kappa shape index (κ1) is 13.3. The second kappa shape index (κ2) is 6.77. The molecule has 1 aliphatic carbocycles. The first-order valence-electron chi connectivity index (χ1n) is 6.67. The van der Waals surface area contributed by atoms with Gasteiger partial charge in [-0.05, 0) is 37.5 Å². The molecule has 0 aromatic carbocycles. The summed E-state index contributed by atoms with van der Waals surface area (Å²) >= 11 is 0. The predicted molar refractivity (Wildman–Crippen MR) is 67.4 cm³/mol. The van der Waals surface area contributed by atoms with E-state index in [0.29, 0.717) is 12.0 Å². The van der Waals surface area contributed by atoms with Gasteiger partial charge in [0.05, 0.1) is 0 Å². The molecule has 0 saturated heterocycles. The topological polar surface area (TPSA) is 41.1 Å². The number of hydrogen-bond acceptors (Lipinski definition) is 1. The first-order valence-corrected chi connectivity index (χ1v) is 6.67. The highest BCUT2D eigenvalue weighted by molar-refractivity contribution is 5.74. The number of amides is 2. The monoisotopic (exact) mass is 226 g/mol. The average Bonchev–Trinajstić information content (AvgIpc) is 2.23. The van der Waals surface area contributed by atoms with E-state index in [1.165, 1.54) is 12.8 Å². The fourth-order valence-electron chi connectivity index (χ4n) is 2.48. The lowest BCUT2D eigenvalue weighted by Crippen LogP contribution is -2.47. The molecule has 3 atom stereocenters. The van der Waals surface area contributed by atoms with E-state index >= 15 is 0 Å². The molecule has 0 aromatic rings. The molecule has 94 valence electrons. The summed E-state index contributed by atoms with van der Waals surface area (Å²) in [5, 5.41) is 6.01. The van der Waals surface area contributed by atoms with Crippen LogP contribution in [-0.4, -0.2) is 18.6 Å². The van der Waals surface area contributed by atoms with Gasteiger partial charge in [0.15, 0.2) is 0 Å². The largest absolute Gasteiger partial charge is 0.338 e. The van der Waals surface area contributed by atoms with Gasteiger partial charge in [0, 0.05) is 12.6 Å². The van der Waals surface area contributed by atoms with Crippen molar-refractivity contribution in [1.29, 1.82) is 0 Å². The normalized spacial score (nSPS) is 29.8. The zero-order valence-electron chi connectivity index (χ0n) is 10.9. The van der Waals surface area contributed by atoms with E-state index in [-0.39, 0.29) is 6.03 Å². The molecule has 0 radical (unpaired) electrons. The van der Waals surface area contributed by atoms with Crippen LogP contribution in [0.15, 0.2) is 0 Å². The molecule has 0 aromatic heterocycles. The lowest BCUT2D eigenvalue weighted by Gasteiger charge is -2.33. The van der Waals surface area contributed by atoms with E-state index < -0.39 is 0 Å². The van der Waals surface area contributed by atoms with Crippen LogP contribution in [0.2, 0.25) is 0 Å². The van der Waals surface area contributed by atoms with Crippen LogP contribution in [0, 0.1) is 11.8 Å². The minimum Gasteiger partial charge on any atom is -0.338 e. The number of hydrogen-bond donors (Lipinski definition) is 2. The third-order valence-electron chi connectivity index (χ3n) is 3.56. The summed E-state index contributed by atoms with van der Waals surface area (Å²) < 4.78 is 0. The fourth-order valence-corrected chi connectivity index (χ4v) is 2.48. The van der Waals surface area contributed by atoms with Crippen LogP contribution in [0.25, 0.3) is 0 Å². The van der Waals surface area contributed by atoms with E-state index in [9.17, 15) is 4.79 Å². The van der Waals surface area contributed by atoms with Gasteiger partial charge in [0.1, 0.15) is 0 Å². The first-order chi connectivity index (χ1) is 7.63. The van der Waals surface area contributed by atoms with Crippen molar-refractivity contribution in [2.45, 2.75) is 58.9 Å². The van der Waals surface area contributed by atoms with Crippen LogP contribution < -0.4 is 10.6 Å². The number of urea groups is 1. The molecule has 16 heavy (non-hydrogen) atoms. The third-order valence-corrected chi connectivity index (χ3v) is 3.56. The second-order valence-corrected chi connectivity index (χ2v) is 5.26. The van der Waals surface area contributed by atoms with Gasteiger partial charge < -0.3 is 10.6 Å². The summed E-state index contributed by atoms with van der Waals surface area (Å²) in [5.41, 5.74) is 0. The van der Waals surface area contributed by atoms with E-state index in [2.05, 4.69) is 31.4 Å². The van der Waals surface area contributed by atoms with Crippen molar-refractivity contribution in [1.82, 2.24) is 10.6 Å². The molecule has 0 spiro atoms. The highest BCUT2D eigenvalue weighted by Crippen LogP contribution is 2.28. The van der Waals surface area contributed by atoms with Gasteiger partial charge in [-0.3, -0.25) is 0 Å². The SMILES string of the molecule is CCCCNC(=O)NC1CCC(C)CC1C. The van der Waals surface area contributed by atoms with Gasteiger partial charge in [0.25, 0.3) is 0 Å². The Balaban J connectivity index is 2.22. The minimum atomic E-state index is 0.0138. The molecular formula is C13H26N2O.